The zero-order chi connectivity index (χ0) is 6.85. The number of nitrogens with zero attached hydrogens (tertiary/aromatic N) is 2. The molecule has 0 aliphatic rings. The van der Waals surface area contributed by atoms with E-state index < -0.39 is 5.75 Å². The molecule has 0 aromatic carbocycles. The minimum Gasteiger partial charge on any atom is -0.870 e. The molecule has 0 atom stereocenters. The van der Waals surface area contributed by atoms with Crippen LogP contribution < -0.4 is 5.11 Å². The van der Waals surface area contributed by atoms with Crippen LogP contribution in [0.3, 0.4) is 0 Å². The Morgan fingerprint density at radius 3 is 2.44 bits per heavy atom. The van der Waals surface area contributed by atoms with Crippen molar-refractivity contribution in [2.24, 2.45) is 0 Å². The van der Waals surface area contributed by atoms with E-state index in [9.17, 15) is 5.11 Å². The van der Waals surface area contributed by atoms with Crippen LogP contribution in [-0.2, 0) is 0 Å². The summed E-state index contributed by atoms with van der Waals surface area (Å²) in [5, 5.41) is 17.0. The molecule has 1 rings (SSSR count). The van der Waals surface area contributed by atoms with Crippen molar-refractivity contribution in [3.63, 3.8) is 0 Å². The maximum atomic E-state index is 10.5. The van der Waals surface area contributed by atoms with Crippen LogP contribution in [0.2, 0.25) is 10.3 Å². The molecule has 9 heavy (non-hydrogen) atoms. The predicted octanol–water partition coefficient (Wildman–Crippen LogP) is 0.857. The van der Waals surface area contributed by atoms with Crippen molar-refractivity contribution in [1.82, 2.24) is 10.2 Å². The van der Waals surface area contributed by atoms with Gasteiger partial charge >= 0.3 is 0 Å². The van der Waals surface area contributed by atoms with E-state index in [4.69, 9.17) is 23.2 Å². The molecular formula is C4HCl2N2O-. The number of hydrogen-bond acceptors (Lipinski definition) is 3. The zero-order valence-corrected chi connectivity index (χ0v) is 5.65. The summed E-state index contributed by atoms with van der Waals surface area (Å²) in [6, 6.07) is 1.11. The molecule has 0 amide bonds. The summed E-state index contributed by atoms with van der Waals surface area (Å²) >= 11 is 10.5. The second-order valence-electron chi connectivity index (χ2n) is 1.32. The zero-order valence-electron chi connectivity index (χ0n) is 4.14. The number of rotatable bonds is 0. The first kappa shape index (κ1) is 6.58. The summed E-state index contributed by atoms with van der Waals surface area (Å²) in [7, 11) is 0. The highest BCUT2D eigenvalue weighted by Gasteiger charge is 1.91. The minimum absolute atomic E-state index is 0.0596. The summed E-state index contributed by atoms with van der Waals surface area (Å²) in [6.07, 6.45) is 0. The van der Waals surface area contributed by atoms with Gasteiger partial charge in [0.2, 0.25) is 0 Å². The lowest BCUT2D eigenvalue weighted by atomic mass is 10.5. The number of aromatic nitrogens is 2. The first-order chi connectivity index (χ1) is 4.20. The quantitative estimate of drug-likeness (QED) is 0.571. The number of halogens is 2. The van der Waals surface area contributed by atoms with Crippen molar-refractivity contribution in [2.45, 2.75) is 0 Å². The van der Waals surface area contributed by atoms with E-state index in [2.05, 4.69) is 10.2 Å². The van der Waals surface area contributed by atoms with Crippen LogP contribution in [0.25, 0.3) is 0 Å². The van der Waals surface area contributed by atoms with Gasteiger partial charge in [-0.2, -0.15) is 0 Å². The Bertz CT molecular complexity index is 228. The van der Waals surface area contributed by atoms with Gasteiger partial charge in [-0.1, -0.05) is 29.0 Å². The van der Waals surface area contributed by atoms with E-state index in [1.54, 1.807) is 0 Å². The molecule has 0 unspecified atom stereocenters. The van der Waals surface area contributed by atoms with Gasteiger partial charge in [0.15, 0.2) is 5.15 Å². The van der Waals surface area contributed by atoms with Crippen molar-refractivity contribution in [2.75, 3.05) is 0 Å². The molecule has 0 N–H and O–H groups in total. The monoisotopic (exact) mass is 163 g/mol. The fraction of sp³-hybridized carbons (Fsp3) is 0. The van der Waals surface area contributed by atoms with Gasteiger partial charge in [-0.3, -0.25) is 0 Å². The third-order valence-electron chi connectivity index (χ3n) is 0.687. The number of hydrogen-bond donors (Lipinski definition) is 0. The fourth-order valence-electron chi connectivity index (χ4n) is 0.338. The highest BCUT2D eigenvalue weighted by atomic mass is 35.5. The molecule has 0 spiro atoms. The Morgan fingerprint density at radius 1 is 1.33 bits per heavy atom. The largest absolute Gasteiger partial charge is 0.870 e. The maximum Gasteiger partial charge on any atom is 0.151 e. The second-order valence-corrected chi connectivity index (χ2v) is 2.07. The summed E-state index contributed by atoms with van der Waals surface area (Å²) in [5.74, 6) is -0.406. The first-order valence-electron chi connectivity index (χ1n) is 2.06. The van der Waals surface area contributed by atoms with Crippen LogP contribution in [0.15, 0.2) is 6.07 Å². The van der Waals surface area contributed by atoms with Crippen molar-refractivity contribution in [3.05, 3.63) is 16.4 Å². The van der Waals surface area contributed by atoms with Gasteiger partial charge in [-0.25, -0.2) is 0 Å². The smallest absolute Gasteiger partial charge is 0.151 e. The SMILES string of the molecule is [O-]c1cc(Cl)nnc1Cl. The van der Waals surface area contributed by atoms with Gasteiger partial charge in [0, 0.05) is 0 Å². The Labute approximate surface area is 61.2 Å². The topological polar surface area (TPSA) is 48.8 Å². The van der Waals surface area contributed by atoms with E-state index in [0.717, 1.165) is 6.07 Å². The van der Waals surface area contributed by atoms with Gasteiger partial charge in [0.05, 0.1) is 0 Å². The van der Waals surface area contributed by atoms with E-state index in [1.807, 2.05) is 0 Å². The summed E-state index contributed by atoms with van der Waals surface area (Å²) in [5.41, 5.74) is 0. The lowest BCUT2D eigenvalue weighted by Gasteiger charge is -2.03. The Morgan fingerprint density at radius 2 is 2.00 bits per heavy atom. The molecule has 0 radical (unpaired) electrons. The lowest BCUT2D eigenvalue weighted by Crippen LogP contribution is -1.94. The molecule has 1 heterocycles. The van der Waals surface area contributed by atoms with E-state index in [0.29, 0.717) is 0 Å². The average Bonchev–Trinajstić information content (AvgIpc) is 1.80. The van der Waals surface area contributed by atoms with Crippen LogP contribution in [0.5, 0.6) is 5.75 Å². The molecule has 0 fully saturated rings. The molecule has 0 aliphatic carbocycles. The molecule has 0 aliphatic heterocycles. The highest BCUT2D eigenvalue weighted by molar-refractivity contribution is 6.32. The van der Waals surface area contributed by atoms with Crippen molar-refractivity contribution in [3.8, 4) is 5.75 Å². The average molecular weight is 164 g/mol. The van der Waals surface area contributed by atoms with Crippen LogP contribution in [0.4, 0.5) is 0 Å². The summed E-state index contributed by atoms with van der Waals surface area (Å²) in [6.45, 7) is 0. The first-order valence-corrected chi connectivity index (χ1v) is 2.81. The normalized spacial score (nSPS) is 9.56. The van der Waals surface area contributed by atoms with E-state index in [-0.39, 0.29) is 10.3 Å². The Kier molecular flexibility index (Phi) is 1.73. The van der Waals surface area contributed by atoms with Crippen molar-refractivity contribution >= 4 is 23.2 Å². The predicted molar refractivity (Wildman–Crippen MR) is 31.5 cm³/mol. The highest BCUT2D eigenvalue weighted by Crippen LogP contribution is 2.17. The molecule has 48 valence electrons. The lowest BCUT2D eigenvalue weighted by molar-refractivity contribution is -0.268. The fourth-order valence-corrected chi connectivity index (χ4v) is 0.567. The third-order valence-corrected chi connectivity index (χ3v) is 1.13. The van der Waals surface area contributed by atoms with Crippen LogP contribution in [0, 0.1) is 0 Å². The molecule has 3 nitrogen and oxygen atoms in total. The van der Waals surface area contributed by atoms with Crippen LogP contribution in [-0.4, -0.2) is 10.2 Å². The van der Waals surface area contributed by atoms with Gasteiger partial charge in [0.25, 0.3) is 0 Å². The van der Waals surface area contributed by atoms with Crippen LogP contribution in [0.1, 0.15) is 0 Å². The standard InChI is InChI=1S/C4H2Cl2N2O/c5-3-1-2(9)4(6)8-7-3/h1H,(H,7,9)/p-1. The molecule has 1 aromatic heterocycles. The van der Waals surface area contributed by atoms with Crippen LogP contribution >= 0.6 is 23.2 Å². The van der Waals surface area contributed by atoms with Gasteiger partial charge in [0.1, 0.15) is 5.15 Å². The Balaban J connectivity index is 3.17. The Hall–Kier alpha value is -0.540. The molecule has 0 bridgehead atoms. The molecular weight excluding hydrogens is 163 g/mol. The summed E-state index contributed by atoms with van der Waals surface area (Å²) in [4.78, 5) is 0. The minimum atomic E-state index is -0.406. The molecule has 1 aromatic rings. The van der Waals surface area contributed by atoms with Gasteiger partial charge in [-0.15, -0.1) is 10.2 Å². The van der Waals surface area contributed by atoms with Crippen molar-refractivity contribution in [1.29, 1.82) is 0 Å². The van der Waals surface area contributed by atoms with E-state index in [1.165, 1.54) is 0 Å². The second kappa shape index (κ2) is 2.37. The summed E-state index contributed by atoms with van der Waals surface area (Å²) < 4.78 is 0. The van der Waals surface area contributed by atoms with Gasteiger partial charge < -0.3 is 5.11 Å². The molecule has 5 heteroatoms. The maximum absolute atomic E-state index is 10.5. The van der Waals surface area contributed by atoms with Crippen molar-refractivity contribution < 1.29 is 5.11 Å². The van der Waals surface area contributed by atoms with Gasteiger partial charge in [-0.05, 0) is 6.07 Å². The molecule has 0 saturated carbocycles. The molecule has 0 saturated heterocycles. The van der Waals surface area contributed by atoms with E-state index >= 15 is 0 Å². The third kappa shape index (κ3) is 1.43.